The van der Waals surface area contributed by atoms with Gasteiger partial charge in [0.2, 0.25) is 5.91 Å². The summed E-state index contributed by atoms with van der Waals surface area (Å²) < 4.78 is 7.68. The van der Waals surface area contributed by atoms with E-state index in [9.17, 15) is 4.79 Å². The molecule has 1 amide bonds. The molecule has 10 heteroatoms. The Morgan fingerprint density at radius 3 is 2.62 bits per heavy atom. The van der Waals surface area contributed by atoms with Gasteiger partial charge in [0, 0.05) is 32.9 Å². The van der Waals surface area contributed by atoms with Gasteiger partial charge in [0.25, 0.3) is 0 Å². The standard InChI is InChI=1S/C22H33N7O2.HI/c1-4-23-22(28-11-12-29(21(30)16-28)18-13-25-26(3)15-18)24-14-19(27-9-5-6-10-27)20-8-7-17(2)31-20;/h7-8,13,15,19H,4-6,9-12,14,16H2,1-3H3,(H,23,24);1H. The van der Waals surface area contributed by atoms with Gasteiger partial charge < -0.3 is 19.5 Å². The fourth-order valence-electron chi connectivity index (χ4n) is 4.34. The monoisotopic (exact) mass is 555 g/mol. The molecule has 2 fully saturated rings. The predicted molar refractivity (Wildman–Crippen MR) is 136 cm³/mol. The number of guanidine groups is 1. The van der Waals surface area contributed by atoms with Crippen molar-refractivity contribution in [3.63, 3.8) is 0 Å². The van der Waals surface area contributed by atoms with Gasteiger partial charge in [-0.15, -0.1) is 24.0 Å². The molecule has 0 spiro atoms. The number of halogens is 1. The Hall–Kier alpha value is -2.08. The molecule has 0 saturated carbocycles. The van der Waals surface area contributed by atoms with E-state index < -0.39 is 0 Å². The van der Waals surface area contributed by atoms with Crippen molar-refractivity contribution in [2.24, 2.45) is 12.0 Å². The molecule has 2 aromatic rings. The van der Waals surface area contributed by atoms with Gasteiger partial charge in [-0.2, -0.15) is 5.10 Å². The molecule has 176 valence electrons. The van der Waals surface area contributed by atoms with Gasteiger partial charge in [-0.25, -0.2) is 0 Å². The normalized spacial score (nSPS) is 18.7. The minimum atomic E-state index is 0. The molecule has 1 atom stereocenters. The summed E-state index contributed by atoms with van der Waals surface area (Å²) >= 11 is 0. The van der Waals surface area contributed by atoms with E-state index in [2.05, 4.69) is 28.3 Å². The lowest BCUT2D eigenvalue weighted by molar-refractivity contribution is -0.120. The van der Waals surface area contributed by atoms with E-state index in [0.717, 1.165) is 49.3 Å². The third-order valence-electron chi connectivity index (χ3n) is 5.94. The number of furan rings is 1. The molecule has 0 radical (unpaired) electrons. The second-order valence-electron chi connectivity index (χ2n) is 8.24. The number of amides is 1. The molecular weight excluding hydrogens is 521 g/mol. The van der Waals surface area contributed by atoms with E-state index in [1.807, 2.05) is 31.1 Å². The first-order valence-corrected chi connectivity index (χ1v) is 11.2. The van der Waals surface area contributed by atoms with Crippen LogP contribution in [0.15, 0.2) is 33.9 Å². The summed E-state index contributed by atoms with van der Waals surface area (Å²) in [6.45, 7) is 9.16. The van der Waals surface area contributed by atoms with Crippen molar-refractivity contribution < 1.29 is 9.21 Å². The summed E-state index contributed by atoms with van der Waals surface area (Å²) in [6, 6.07) is 4.21. The van der Waals surface area contributed by atoms with Gasteiger partial charge >= 0.3 is 0 Å². The van der Waals surface area contributed by atoms with E-state index in [1.54, 1.807) is 15.8 Å². The van der Waals surface area contributed by atoms with E-state index in [0.29, 0.717) is 19.6 Å². The lowest BCUT2D eigenvalue weighted by Crippen LogP contribution is -2.55. The fraction of sp³-hybridized carbons (Fsp3) is 0.591. The number of aryl methyl sites for hydroxylation is 2. The first kappa shape index (κ1) is 24.6. The molecule has 2 aliphatic rings. The summed E-state index contributed by atoms with van der Waals surface area (Å²) in [5.74, 6) is 2.74. The topological polar surface area (TPSA) is 82.1 Å². The Balaban J connectivity index is 0.00000289. The number of anilines is 1. The fourth-order valence-corrected chi connectivity index (χ4v) is 4.34. The van der Waals surface area contributed by atoms with Gasteiger partial charge in [0.15, 0.2) is 5.96 Å². The SMILES string of the molecule is CCNC(=NCC(c1ccc(C)o1)N1CCCC1)N1CCN(c2cnn(C)c2)C(=O)C1.I. The molecule has 2 aliphatic heterocycles. The van der Waals surface area contributed by atoms with Crippen LogP contribution in [0.25, 0.3) is 0 Å². The van der Waals surface area contributed by atoms with Gasteiger partial charge in [0.1, 0.15) is 18.1 Å². The zero-order chi connectivity index (χ0) is 21.8. The number of rotatable bonds is 6. The first-order valence-electron chi connectivity index (χ1n) is 11.2. The third-order valence-corrected chi connectivity index (χ3v) is 5.94. The van der Waals surface area contributed by atoms with E-state index in [4.69, 9.17) is 9.41 Å². The van der Waals surface area contributed by atoms with E-state index >= 15 is 0 Å². The summed E-state index contributed by atoms with van der Waals surface area (Å²) in [4.78, 5) is 24.1. The lowest BCUT2D eigenvalue weighted by Gasteiger charge is -2.35. The van der Waals surface area contributed by atoms with Crippen LogP contribution in [0.1, 0.15) is 37.3 Å². The minimum absolute atomic E-state index is 0. The molecular formula is C22H34IN7O2. The smallest absolute Gasteiger partial charge is 0.246 e. The highest BCUT2D eigenvalue weighted by Crippen LogP contribution is 2.27. The van der Waals surface area contributed by atoms with Crippen molar-refractivity contribution >= 4 is 41.5 Å². The zero-order valence-corrected chi connectivity index (χ0v) is 21.5. The number of piperazine rings is 1. The van der Waals surface area contributed by atoms with Crippen LogP contribution < -0.4 is 10.2 Å². The highest BCUT2D eigenvalue weighted by Gasteiger charge is 2.29. The highest BCUT2D eigenvalue weighted by atomic mass is 127. The van der Waals surface area contributed by atoms with Crippen molar-refractivity contribution in [2.75, 3.05) is 50.7 Å². The second kappa shape index (κ2) is 11.2. The minimum Gasteiger partial charge on any atom is -0.465 e. The Morgan fingerprint density at radius 2 is 2.03 bits per heavy atom. The summed E-state index contributed by atoms with van der Waals surface area (Å²) in [7, 11) is 1.86. The molecule has 9 nitrogen and oxygen atoms in total. The van der Waals surface area contributed by atoms with Crippen molar-refractivity contribution in [3.8, 4) is 0 Å². The number of hydrogen-bond donors (Lipinski definition) is 1. The Kier molecular flexibility index (Phi) is 8.57. The number of aromatic nitrogens is 2. The maximum absolute atomic E-state index is 12.8. The zero-order valence-electron chi connectivity index (χ0n) is 19.2. The predicted octanol–water partition coefficient (Wildman–Crippen LogP) is 2.39. The number of aliphatic imine (C=N–C) groups is 1. The average molecular weight is 555 g/mol. The number of carbonyl (C=O) groups is 1. The largest absolute Gasteiger partial charge is 0.465 e. The summed E-state index contributed by atoms with van der Waals surface area (Å²) in [5.41, 5.74) is 0.844. The van der Waals surface area contributed by atoms with Crippen LogP contribution in [-0.4, -0.2) is 77.3 Å². The maximum atomic E-state index is 12.8. The van der Waals surface area contributed by atoms with Gasteiger partial charge in [0.05, 0.1) is 24.5 Å². The van der Waals surface area contributed by atoms with Gasteiger partial charge in [-0.3, -0.25) is 19.4 Å². The molecule has 1 N–H and O–H groups in total. The quantitative estimate of drug-likeness (QED) is 0.335. The molecule has 4 rings (SSSR count). The van der Waals surface area contributed by atoms with Crippen LogP contribution in [0.5, 0.6) is 0 Å². The lowest BCUT2D eigenvalue weighted by atomic mass is 10.2. The highest BCUT2D eigenvalue weighted by molar-refractivity contribution is 14.0. The number of nitrogens with one attached hydrogen (secondary N) is 1. The molecule has 0 aromatic carbocycles. The first-order chi connectivity index (χ1) is 15.0. The molecule has 2 saturated heterocycles. The number of carbonyl (C=O) groups excluding carboxylic acids is 1. The van der Waals surface area contributed by atoms with E-state index in [-0.39, 0.29) is 35.9 Å². The molecule has 4 heterocycles. The summed E-state index contributed by atoms with van der Waals surface area (Å²) in [6.07, 6.45) is 6.03. The van der Waals surface area contributed by atoms with Crippen LogP contribution in [0.3, 0.4) is 0 Å². The van der Waals surface area contributed by atoms with Crippen LogP contribution in [0.4, 0.5) is 5.69 Å². The van der Waals surface area contributed by atoms with Crippen LogP contribution in [-0.2, 0) is 11.8 Å². The average Bonchev–Trinajstić information content (AvgIpc) is 3.51. The Labute approximate surface area is 206 Å². The number of nitrogens with zero attached hydrogens (tertiary/aromatic N) is 6. The molecule has 0 bridgehead atoms. The van der Waals surface area contributed by atoms with Crippen molar-refractivity contribution in [1.29, 1.82) is 0 Å². The molecule has 0 aliphatic carbocycles. The number of hydrogen-bond acceptors (Lipinski definition) is 5. The van der Waals surface area contributed by atoms with Crippen molar-refractivity contribution in [3.05, 3.63) is 36.0 Å². The van der Waals surface area contributed by atoms with E-state index in [1.165, 1.54) is 12.8 Å². The maximum Gasteiger partial charge on any atom is 0.246 e. The van der Waals surface area contributed by atoms with Crippen molar-refractivity contribution in [2.45, 2.75) is 32.7 Å². The van der Waals surface area contributed by atoms with Crippen LogP contribution >= 0.6 is 24.0 Å². The second-order valence-corrected chi connectivity index (χ2v) is 8.24. The molecule has 2 aromatic heterocycles. The third kappa shape index (κ3) is 5.64. The number of likely N-dealkylation sites (tertiary alicyclic amines) is 1. The van der Waals surface area contributed by atoms with Crippen LogP contribution in [0, 0.1) is 6.92 Å². The van der Waals surface area contributed by atoms with Crippen molar-refractivity contribution in [1.82, 2.24) is 24.9 Å². The Morgan fingerprint density at radius 1 is 1.25 bits per heavy atom. The van der Waals surface area contributed by atoms with Gasteiger partial charge in [-0.1, -0.05) is 0 Å². The molecule has 32 heavy (non-hydrogen) atoms. The van der Waals surface area contributed by atoms with Gasteiger partial charge in [-0.05, 0) is 51.9 Å². The molecule has 1 unspecified atom stereocenters. The summed E-state index contributed by atoms with van der Waals surface area (Å²) in [5, 5.41) is 7.56. The Bertz CT molecular complexity index is 919. The van der Waals surface area contributed by atoms with Crippen LogP contribution in [0.2, 0.25) is 0 Å².